The Kier molecular flexibility index (Phi) is 5.08. The lowest BCUT2D eigenvalue weighted by Gasteiger charge is -2.46. The molecule has 2 nitrogen and oxygen atoms in total. The quantitative estimate of drug-likeness (QED) is 0.759. The van der Waals surface area contributed by atoms with Crippen LogP contribution in [-0.2, 0) is 0 Å². The molecule has 1 aliphatic heterocycles. The third-order valence-corrected chi connectivity index (χ3v) is 5.68. The van der Waals surface area contributed by atoms with Crippen LogP contribution >= 0.6 is 0 Å². The second-order valence-electron chi connectivity index (χ2n) is 6.79. The molecule has 18 heavy (non-hydrogen) atoms. The molecule has 1 aliphatic carbocycles. The van der Waals surface area contributed by atoms with Gasteiger partial charge in [-0.1, -0.05) is 26.7 Å². The van der Waals surface area contributed by atoms with Crippen LogP contribution < -0.4 is 5.32 Å². The van der Waals surface area contributed by atoms with E-state index in [2.05, 4.69) is 38.0 Å². The van der Waals surface area contributed by atoms with E-state index in [1.165, 1.54) is 45.1 Å². The molecule has 0 spiro atoms. The van der Waals surface area contributed by atoms with Crippen molar-refractivity contribution in [3.05, 3.63) is 0 Å². The minimum absolute atomic E-state index is 0.723. The summed E-state index contributed by atoms with van der Waals surface area (Å²) in [5.41, 5.74) is 0. The summed E-state index contributed by atoms with van der Waals surface area (Å²) >= 11 is 0. The van der Waals surface area contributed by atoms with Gasteiger partial charge in [-0.3, -0.25) is 4.90 Å². The SMILES string of the molecule is CNC1CCN(C2CCCC(C)CC2)C(C)C1C. The van der Waals surface area contributed by atoms with Crippen molar-refractivity contribution >= 4 is 0 Å². The Bertz CT molecular complexity index is 253. The van der Waals surface area contributed by atoms with Gasteiger partial charge < -0.3 is 5.32 Å². The second kappa shape index (κ2) is 6.38. The normalized spacial score (nSPS) is 43.7. The van der Waals surface area contributed by atoms with Crippen molar-refractivity contribution < 1.29 is 0 Å². The van der Waals surface area contributed by atoms with Gasteiger partial charge in [-0.05, 0) is 51.5 Å². The Labute approximate surface area is 114 Å². The summed E-state index contributed by atoms with van der Waals surface area (Å²) in [6, 6.07) is 2.33. The lowest BCUT2D eigenvalue weighted by molar-refractivity contribution is 0.0421. The lowest BCUT2D eigenvalue weighted by atomic mass is 9.85. The van der Waals surface area contributed by atoms with E-state index in [1.807, 2.05) is 0 Å². The highest BCUT2D eigenvalue weighted by Gasteiger charge is 2.35. The van der Waals surface area contributed by atoms with Gasteiger partial charge in [0.25, 0.3) is 0 Å². The molecule has 5 atom stereocenters. The van der Waals surface area contributed by atoms with Crippen LogP contribution in [0.1, 0.15) is 59.3 Å². The molecular formula is C16H32N2. The maximum absolute atomic E-state index is 3.50. The maximum atomic E-state index is 3.50. The molecule has 1 saturated carbocycles. The highest BCUT2D eigenvalue weighted by molar-refractivity contribution is 4.91. The topological polar surface area (TPSA) is 15.3 Å². The molecule has 1 N–H and O–H groups in total. The fraction of sp³-hybridized carbons (Fsp3) is 1.00. The molecular weight excluding hydrogens is 220 g/mol. The van der Waals surface area contributed by atoms with Crippen molar-refractivity contribution in [2.45, 2.75) is 77.4 Å². The first-order valence-electron chi connectivity index (χ1n) is 8.06. The van der Waals surface area contributed by atoms with Gasteiger partial charge in [0, 0.05) is 24.7 Å². The molecule has 0 aromatic rings. The van der Waals surface area contributed by atoms with Crippen LogP contribution in [0, 0.1) is 11.8 Å². The molecule has 5 unspecified atom stereocenters. The van der Waals surface area contributed by atoms with E-state index in [1.54, 1.807) is 0 Å². The molecule has 0 bridgehead atoms. The van der Waals surface area contributed by atoms with Crippen molar-refractivity contribution in [3.63, 3.8) is 0 Å². The summed E-state index contributed by atoms with van der Waals surface area (Å²) in [4.78, 5) is 2.83. The van der Waals surface area contributed by atoms with Gasteiger partial charge in [0.05, 0.1) is 0 Å². The van der Waals surface area contributed by atoms with E-state index in [4.69, 9.17) is 0 Å². The molecule has 2 rings (SSSR count). The number of hydrogen-bond acceptors (Lipinski definition) is 2. The number of nitrogens with one attached hydrogen (secondary N) is 1. The average Bonchev–Trinajstić information content (AvgIpc) is 2.58. The molecule has 2 aliphatic rings. The Morgan fingerprint density at radius 1 is 0.944 bits per heavy atom. The summed E-state index contributed by atoms with van der Waals surface area (Å²) in [6.07, 6.45) is 8.53. The molecule has 0 amide bonds. The minimum Gasteiger partial charge on any atom is -0.317 e. The van der Waals surface area contributed by atoms with Crippen molar-refractivity contribution in [2.75, 3.05) is 13.6 Å². The summed E-state index contributed by atoms with van der Waals surface area (Å²) < 4.78 is 0. The van der Waals surface area contributed by atoms with E-state index < -0.39 is 0 Å². The maximum Gasteiger partial charge on any atom is 0.0117 e. The summed E-state index contributed by atoms with van der Waals surface area (Å²) in [6.45, 7) is 8.61. The highest BCUT2D eigenvalue weighted by atomic mass is 15.2. The number of piperidine rings is 1. The van der Waals surface area contributed by atoms with Crippen LogP contribution in [0.2, 0.25) is 0 Å². The largest absolute Gasteiger partial charge is 0.317 e. The molecule has 0 aromatic carbocycles. The zero-order chi connectivity index (χ0) is 13.1. The summed E-state index contributed by atoms with van der Waals surface area (Å²) in [5, 5.41) is 3.50. The van der Waals surface area contributed by atoms with Crippen LogP contribution in [0.3, 0.4) is 0 Å². The Morgan fingerprint density at radius 2 is 1.72 bits per heavy atom. The van der Waals surface area contributed by atoms with Gasteiger partial charge in [0.1, 0.15) is 0 Å². The predicted molar refractivity (Wildman–Crippen MR) is 78.8 cm³/mol. The van der Waals surface area contributed by atoms with Crippen molar-refractivity contribution in [1.29, 1.82) is 0 Å². The third kappa shape index (κ3) is 3.08. The van der Waals surface area contributed by atoms with E-state index in [-0.39, 0.29) is 0 Å². The molecule has 106 valence electrons. The second-order valence-corrected chi connectivity index (χ2v) is 6.79. The number of likely N-dealkylation sites (tertiary alicyclic amines) is 1. The van der Waals surface area contributed by atoms with Crippen LogP contribution in [0.15, 0.2) is 0 Å². The van der Waals surface area contributed by atoms with Gasteiger partial charge in [0.2, 0.25) is 0 Å². The number of rotatable bonds is 2. The molecule has 0 aromatic heterocycles. The Hall–Kier alpha value is -0.0800. The molecule has 1 saturated heterocycles. The van der Waals surface area contributed by atoms with Crippen LogP contribution in [-0.4, -0.2) is 36.6 Å². The van der Waals surface area contributed by atoms with Gasteiger partial charge >= 0.3 is 0 Å². The molecule has 2 heteroatoms. The van der Waals surface area contributed by atoms with E-state index in [9.17, 15) is 0 Å². The number of nitrogens with zero attached hydrogens (tertiary/aromatic N) is 1. The summed E-state index contributed by atoms with van der Waals surface area (Å²) in [5.74, 6) is 1.74. The fourth-order valence-corrected chi connectivity index (χ4v) is 4.11. The van der Waals surface area contributed by atoms with Crippen molar-refractivity contribution in [2.24, 2.45) is 11.8 Å². The summed E-state index contributed by atoms with van der Waals surface area (Å²) in [7, 11) is 2.12. The third-order valence-electron chi connectivity index (χ3n) is 5.68. The minimum atomic E-state index is 0.723. The van der Waals surface area contributed by atoms with Crippen molar-refractivity contribution in [1.82, 2.24) is 10.2 Å². The standard InChI is InChI=1S/C16H32N2/c1-12-6-5-7-15(9-8-12)18-11-10-16(17-4)13(2)14(18)3/h12-17H,5-11H2,1-4H3. The first kappa shape index (κ1) is 14.3. The van der Waals surface area contributed by atoms with Gasteiger partial charge in [-0.15, -0.1) is 0 Å². The van der Waals surface area contributed by atoms with Gasteiger partial charge in [0.15, 0.2) is 0 Å². The Balaban J connectivity index is 1.96. The van der Waals surface area contributed by atoms with Gasteiger partial charge in [-0.2, -0.15) is 0 Å². The van der Waals surface area contributed by atoms with E-state index >= 15 is 0 Å². The number of hydrogen-bond donors (Lipinski definition) is 1. The molecule has 0 radical (unpaired) electrons. The monoisotopic (exact) mass is 252 g/mol. The first-order chi connectivity index (χ1) is 8.63. The average molecular weight is 252 g/mol. The zero-order valence-electron chi connectivity index (χ0n) is 12.8. The first-order valence-corrected chi connectivity index (χ1v) is 8.06. The van der Waals surface area contributed by atoms with Crippen molar-refractivity contribution in [3.8, 4) is 0 Å². The van der Waals surface area contributed by atoms with E-state index in [0.29, 0.717) is 0 Å². The van der Waals surface area contributed by atoms with Crippen LogP contribution in [0.5, 0.6) is 0 Å². The smallest absolute Gasteiger partial charge is 0.0117 e. The molecule has 1 heterocycles. The Morgan fingerprint density at radius 3 is 2.44 bits per heavy atom. The fourth-order valence-electron chi connectivity index (χ4n) is 4.11. The van der Waals surface area contributed by atoms with E-state index in [0.717, 1.165) is 30.0 Å². The lowest BCUT2D eigenvalue weighted by Crippen LogP contribution is -2.55. The van der Waals surface area contributed by atoms with Gasteiger partial charge in [-0.25, -0.2) is 0 Å². The molecule has 2 fully saturated rings. The van der Waals surface area contributed by atoms with Crippen LogP contribution in [0.4, 0.5) is 0 Å². The highest BCUT2D eigenvalue weighted by Crippen LogP contribution is 2.32. The zero-order valence-corrected chi connectivity index (χ0v) is 12.8. The predicted octanol–water partition coefficient (Wildman–Crippen LogP) is 3.27. The van der Waals surface area contributed by atoms with Crippen LogP contribution in [0.25, 0.3) is 0 Å².